The van der Waals surface area contributed by atoms with Crippen molar-refractivity contribution in [2.45, 2.75) is 18.7 Å². The summed E-state index contributed by atoms with van der Waals surface area (Å²) >= 11 is 0. The fourth-order valence-corrected chi connectivity index (χ4v) is 3.50. The second-order valence-corrected chi connectivity index (χ2v) is 6.84. The van der Waals surface area contributed by atoms with Gasteiger partial charge < -0.3 is 14.2 Å². The van der Waals surface area contributed by atoms with Crippen LogP contribution in [0.1, 0.15) is 13.8 Å². The summed E-state index contributed by atoms with van der Waals surface area (Å²) < 4.78 is 26.8. The Hall–Kier alpha value is -3.27. The van der Waals surface area contributed by atoms with Gasteiger partial charge in [-0.2, -0.15) is 0 Å². The number of carbonyl (C=O) groups is 4. The molecule has 156 valence electrons. The van der Waals surface area contributed by atoms with Crippen LogP contribution in [0.25, 0.3) is 0 Å². The van der Waals surface area contributed by atoms with Gasteiger partial charge in [-0.25, -0.2) is 18.6 Å². The highest BCUT2D eigenvalue weighted by Gasteiger charge is 2.26. The number of benzene rings is 1. The van der Waals surface area contributed by atoms with Crippen LogP contribution in [-0.2, 0) is 44.2 Å². The van der Waals surface area contributed by atoms with E-state index in [9.17, 15) is 23.4 Å². The molecule has 1 aromatic carbocycles. The maximum absolute atomic E-state index is 13.1. The molecule has 0 saturated heterocycles. The van der Waals surface area contributed by atoms with Gasteiger partial charge in [0.05, 0.1) is 42.7 Å². The monoisotopic (exact) mass is 423 g/mol. The minimum absolute atomic E-state index is 0.0425. The van der Waals surface area contributed by atoms with Crippen molar-refractivity contribution >= 4 is 40.3 Å². The molecule has 0 heterocycles. The van der Waals surface area contributed by atoms with E-state index in [0.29, 0.717) is 0 Å². The van der Waals surface area contributed by atoms with Gasteiger partial charge in [0.25, 0.3) is 0 Å². The van der Waals surface area contributed by atoms with E-state index in [4.69, 9.17) is 0 Å². The van der Waals surface area contributed by atoms with Gasteiger partial charge in [0, 0.05) is 24.8 Å². The van der Waals surface area contributed by atoms with Crippen molar-refractivity contribution in [3.8, 4) is 0 Å². The minimum Gasteiger partial charge on any atom is -0.466 e. The summed E-state index contributed by atoms with van der Waals surface area (Å²) in [6, 6.07) is 6.03. The lowest BCUT2D eigenvalue weighted by atomic mass is 10.2. The topological polar surface area (TPSA) is 116 Å². The molecule has 0 aliphatic heterocycles. The Morgan fingerprint density at radius 3 is 1.97 bits per heavy atom. The number of carbonyl (C=O) groups excluding carboxylic acids is 4. The van der Waals surface area contributed by atoms with Crippen molar-refractivity contribution in [3.05, 3.63) is 47.0 Å². The zero-order valence-corrected chi connectivity index (χ0v) is 17.4. The number of esters is 3. The largest absolute Gasteiger partial charge is 0.466 e. The van der Waals surface area contributed by atoms with Crippen LogP contribution in [0.2, 0.25) is 0 Å². The number of anilines is 1. The van der Waals surface area contributed by atoms with E-state index in [1.165, 1.54) is 33.1 Å². The van der Waals surface area contributed by atoms with Crippen LogP contribution in [0.5, 0.6) is 0 Å². The number of hydrogen-bond donors (Lipinski definition) is 0. The van der Waals surface area contributed by atoms with Gasteiger partial charge in [0.15, 0.2) is 0 Å². The van der Waals surface area contributed by atoms with Crippen molar-refractivity contribution in [1.29, 1.82) is 0 Å². The van der Waals surface area contributed by atoms with E-state index in [-0.39, 0.29) is 16.3 Å². The number of ether oxygens (including phenoxy) is 3. The molecule has 0 aliphatic carbocycles. The molecular formula is C19H21NO8S. The summed E-state index contributed by atoms with van der Waals surface area (Å²) in [5, 5.41) is 0. The Bertz CT molecular complexity index is 903. The van der Waals surface area contributed by atoms with Crippen LogP contribution in [0, 0.1) is 0 Å². The van der Waals surface area contributed by atoms with E-state index in [2.05, 4.69) is 14.2 Å². The Labute approximate surface area is 170 Å². The molecule has 0 saturated carbocycles. The molecule has 0 radical (unpaired) electrons. The zero-order valence-electron chi connectivity index (χ0n) is 16.6. The average Bonchev–Trinajstić information content (AvgIpc) is 2.70. The molecule has 10 heteroatoms. The number of methoxy groups -OCH3 is 3. The van der Waals surface area contributed by atoms with E-state index in [1.54, 1.807) is 12.1 Å². The molecule has 1 rings (SSSR count). The maximum Gasteiger partial charge on any atom is 0.347 e. The number of para-hydroxylation sites is 1. The SMILES string of the molecule is COC(=O)/C=C(\C)N(C(C)=O)c1ccccc1S(=O)/C(=C/C(=O)OC)C(=O)OC. The first-order valence-corrected chi connectivity index (χ1v) is 9.28. The van der Waals surface area contributed by atoms with E-state index < -0.39 is 39.5 Å². The lowest BCUT2D eigenvalue weighted by Gasteiger charge is -2.24. The highest BCUT2D eigenvalue weighted by Crippen LogP contribution is 2.30. The highest BCUT2D eigenvalue weighted by atomic mass is 32.2. The molecule has 1 amide bonds. The second kappa shape index (κ2) is 10.9. The van der Waals surface area contributed by atoms with Crippen molar-refractivity contribution in [1.82, 2.24) is 0 Å². The molecule has 1 aromatic rings. The minimum atomic E-state index is -2.20. The van der Waals surface area contributed by atoms with E-state index in [0.717, 1.165) is 31.3 Å². The summed E-state index contributed by atoms with van der Waals surface area (Å²) in [6.07, 6.45) is 1.85. The molecule has 0 aromatic heterocycles. The third-order valence-electron chi connectivity index (χ3n) is 3.54. The Balaban J connectivity index is 3.61. The van der Waals surface area contributed by atoms with Gasteiger partial charge in [-0.3, -0.25) is 9.69 Å². The molecule has 0 bridgehead atoms. The van der Waals surface area contributed by atoms with Crippen molar-refractivity contribution in [2.75, 3.05) is 26.2 Å². The smallest absolute Gasteiger partial charge is 0.347 e. The number of amides is 1. The second-order valence-electron chi connectivity index (χ2n) is 5.42. The van der Waals surface area contributed by atoms with Crippen LogP contribution in [-0.4, -0.2) is 49.4 Å². The van der Waals surface area contributed by atoms with E-state index in [1.807, 2.05) is 0 Å². The predicted octanol–water partition coefficient (Wildman–Crippen LogP) is 1.45. The van der Waals surface area contributed by atoms with Crippen LogP contribution in [0.15, 0.2) is 51.9 Å². The quantitative estimate of drug-likeness (QED) is 0.368. The summed E-state index contributed by atoms with van der Waals surface area (Å²) in [4.78, 5) is 48.2. The standard InChI is InChI=1S/C19H21NO8S/c1-12(10-17(22)26-3)20(13(2)21)14-8-6-7-9-15(14)29(25)16(19(24)28-5)11-18(23)27-4/h6-11H,1-5H3/b12-10+,16-11+. The molecule has 0 fully saturated rings. The average molecular weight is 423 g/mol. The van der Waals surface area contributed by atoms with Gasteiger partial charge in [-0.1, -0.05) is 12.1 Å². The number of rotatable bonds is 7. The van der Waals surface area contributed by atoms with Gasteiger partial charge in [0.2, 0.25) is 5.91 Å². The lowest BCUT2D eigenvalue weighted by molar-refractivity contribution is -0.137. The van der Waals surface area contributed by atoms with Gasteiger partial charge in [-0.05, 0) is 19.1 Å². The summed E-state index contributed by atoms with van der Waals surface area (Å²) in [7, 11) is 1.15. The third kappa shape index (κ3) is 6.11. The van der Waals surface area contributed by atoms with Crippen LogP contribution >= 0.6 is 0 Å². The fraction of sp³-hybridized carbons (Fsp3) is 0.263. The molecule has 0 spiro atoms. The molecule has 1 atom stereocenters. The molecule has 9 nitrogen and oxygen atoms in total. The number of allylic oxidation sites excluding steroid dienone is 1. The van der Waals surface area contributed by atoms with Crippen LogP contribution in [0.3, 0.4) is 0 Å². The van der Waals surface area contributed by atoms with Gasteiger partial charge >= 0.3 is 17.9 Å². The summed E-state index contributed by atoms with van der Waals surface area (Å²) in [5.41, 5.74) is 0.348. The molecule has 0 N–H and O–H groups in total. The molecular weight excluding hydrogens is 402 g/mol. The van der Waals surface area contributed by atoms with Gasteiger partial charge in [0.1, 0.15) is 4.91 Å². The number of nitrogens with zero attached hydrogens (tertiary/aromatic N) is 1. The Morgan fingerprint density at radius 1 is 0.897 bits per heavy atom. The molecule has 0 aliphatic rings. The van der Waals surface area contributed by atoms with Crippen LogP contribution < -0.4 is 4.90 Å². The number of hydrogen-bond acceptors (Lipinski definition) is 8. The molecule has 1 unspecified atom stereocenters. The van der Waals surface area contributed by atoms with Crippen molar-refractivity contribution in [2.24, 2.45) is 0 Å². The first-order valence-electron chi connectivity index (χ1n) is 8.13. The predicted molar refractivity (Wildman–Crippen MR) is 104 cm³/mol. The van der Waals surface area contributed by atoms with Crippen LogP contribution in [0.4, 0.5) is 5.69 Å². The Morgan fingerprint density at radius 2 is 1.45 bits per heavy atom. The first kappa shape index (κ1) is 23.8. The first-order chi connectivity index (χ1) is 13.7. The zero-order chi connectivity index (χ0) is 22.1. The maximum atomic E-state index is 13.1. The highest BCUT2D eigenvalue weighted by molar-refractivity contribution is 7.90. The fourth-order valence-electron chi connectivity index (χ4n) is 2.27. The van der Waals surface area contributed by atoms with E-state index >= 15 is 0 Å². The third-order valence-corrected chi connectivity index (χ3v) is 4.97. The summed E-state index contributed by atoms with van der Waals surface area (Å²) in [5.74, 6) is -3.07. The Kier molecular flexibility index (Phi) is 8.94. The normalized spacial score (nSPS) is 12.6. The molecule has 29 heavy (non-hydrogen) atoms. The van der Waals surface area contributed by atoms with Gasteiger partial charge in [-0.15, -0.1) is 0 Å². The van der Waals surface area contributed by atoms with Crippen molar-refractivity contribution in [3.63, 3.8) is 0 Å². The lowest BCUT2D eigenvalue weighted by Crippen LogP contribution is -2.28. The van der Waals surface area contributed by atoms with Crippen molar-refractivity contribution < 1.29 is 37.6 Å². The summed E-state index contributed by atoms with van der Waals surface area (Å²) in [6.45, 7) is 2.74.